The highest BCUT2D eigenvalue weighted by Gasteiger charge is 2.29. The molecule has 0 saturated carbocycles. The van der Waals surface area contributed by atoms with E-state index in [2.05, 4.69) is 20.9 Å². The third-order valence-electron chi connectivity index (χ3n) is 6.46. The van der Waals surface area contributed by atoms with Gasteiger partial charge in [-0.15, -0.1) is 0 Å². The van der Waals surface area contributed by atoms with E-state index >= 15 is 0 Å². The second-order valence-electron chi connectivity index (χ2n) is 8.68. The minimum absolute atomic E-state index is 0.141. The third kappa shape index (κ3) is 4.65. The minimum Gasteiger partial charge on any atom is -0.497 e. The second kappa shape index (κ2) is 9.95. The summed E-state index contributed by atoms with van der Waals surface area (Å²) < 4.78 is 5.30. The number of fused-ring (bicyclic) bond motifs is 2. The smallest absolute Gasteiger partial charge is 0.254 e. The van der Waals surface area contributed by atoms with Crippen LogP contribution in [0.4, 0.5) is 5.69 Å². The van der Waals surface area contributed by atoms with Gasteiger partial charge in [-0.25, -0.2) is 0 Å². The Hall–Kier alpha value is -4.59. The third-order valence-corrected chi connectivity index (χ3v) is 6.46. The van der Waals surface area contributed by atoms with Crippen LogP contribution in [0.5, 0.6) is 5.75 Å². The summed E-state index contributed by atoms with van der Waals surface area (Å²) in [7, 11) is 1.62. The molecule has 5 rings (SSSR count). The molecule has 0 unspecified atom stereocenters. The van der Waals surface area contributed by atoms with E-state index in [4.69, 9.17) is 4.74 Å². The Labute approximate surface area is 208 Å². The number of H-pyrrole nitrogens is 1. The molecule has 8 nitrogen and oxygen atoms in total. The van der Waals surface area contributed by atoms with Crippen LogP contribution in [0.1, 0.15) is 33.8 Å². The maximum absolute atomic E-state index is 12.9. The first kappa shape index (κ1) is 23.2. The standard InChI is InChI=1S/C28H26N4O4/c1-36-18-12-10-17(11-13-18)21(22-16-29-23-8-4-2-6-19(22)23)15-30-26(33)14-25-28(35)31-24-9-5-3-7-20(24)27(34)32-25/h2-13,16,21,25,29H,14-15H2,1H3,(H,30,33)(H,31,35)(H,32,34)/t21-,25+/m1/s1. The van der Waals surface area contributed by atoms with Crippen LogP contribution in [0, 0.1) is 0 Å². The number of nitrogens with one attached hydrogen (secondary N) is 4. The average molecular weight is 483 g/mol. The molecule has 3 amide bonds. The van der Waals surface area contributed by atoms with Crippen molar-refractivity contribution in [3.05, 3.63) is 95.7 Å². The quantitative estimate of drug-likeness (QED) is 0.323. The second-order valence-corrected chi connectivity index (χ2v) is 8.68. The lowest BCUT2D eigenvalue weighted by molar-refractivity contribution is -0.125. The van der Waals surface area contributed by atoms with Crippen LogP contribution in [-0.2, 0) is 9.59 Å². The van der Waals surface area contributed by atoms with Gasteiger partial charge >= 0.3 is 0 Å². The molecule has 1 aliphatic heterocycles. The van der Waals surface area contributed by atoms with Crippen molar-refractivity contribution in [3.8, 4) is 5.75 Å². The van der Waals surface area contributed by atoms with Crippen molar-refractivity contribution in [3.63, 3.8) is 0 Å². The fourth-order valence-corrected chi connectivity index (χ4v) is 4.55. The SMILES string of the molecule is COc1ccc([C@@H](CNC(=O)C[C@@H]2NC(=O)c3ccccc3NC2=O)c2c[nH]c3ccccc23)cc1. The summed E-state index contributed by atoms with van der Waals surface area (Å²) in [5.74, 6) is -0.544. The summed E-state index contributed by atoms with van der Waals surface area (Å²) in [5, 5.41) is 9.44. The summed E-state index contributed by atoms with van der Waals surface area (Å²) in [6.45, 7) is 0.315. The van der Waals surface area contributed by atoms with Crippen molar-refractivity contribution in [1.29, 1.82) is 0 Å². The van der Waals surface area contributed by atoms with Gasteiger partial charge in [0.25, 0.3) is 5.91 Å². The zero-order valence-electron chi connectivity index (χ0n) is 19.7. The van der Waals surface area contributed by atoms with E-state index in [1.165, 1.54) is 0 Å². The number of methoxy groups -OCH3 is 1. The highest BCUT2D eigenvalue weighted by Crippen LogP contribution is 2.31. The Balaban J connectivity index is 1.33. The van der Waals surface area contributed by atoms with Crippen LogP contribution in [0.25, 0.3) is 10.9 Å². The van der Waals surface area contributed by atoms with Gasteiger partial charge in [-0.05, 0) is 41.5 Å². The zero-order chi connectivity index (χ0) is 25.1. The van der Waals surface area contributed by atoms with E-state index in [1.54, 1.807) is 31.4 Å². The van der Waals surface area contributed by atoms with Gasteiger partial charge in [0.1, 0.15) is 11.8 Å². The molecule has 8 heteroatoms. The molecule has 36 heavy (non-hydrogen) atoms. The Morgan fingerprint density at radius 3 is 2.56 bits per heavy atom. The van der Waals surface area contributed by atoms with E-state index in [1.807, 2.05) is 54.7 Å². The Morgan fingerprint density at radius 2 is 1.75 bits per heavy atom. The molecule has 1 aliphatic rings. The molecule has 2 heterocycles. The van der Waals surface area contributed by atoms with E-state index in [0.717, 1.165) is 27.8 Å². The molecule has 0 bridgehead atoms. The topological polar surface area (TPSA) is 112 Å². The van der Waals surface area contributed by atoms with Crippen molar-refractivity contribution < 1.29 is 19.1 Å². The van der Waals surface area contributed by atoms with Crippen molar-refractivity contribution in [2.75, 3.05) is 19.0 Å². The number of hydrogen-bond acceptors (Lipinski definition) is 4. The number of carbonyl (C=O) groups excluding carboxylic acids is 3. The number of carbonyl (C=O) groups is 3. The average Bonchev–Trinajstić information content (AvgIpc) is 3.28. The largest absolute Gasteiger partial charge is 0.497 e. The van der Waals surface area contributed by atoms with Gasteiger partial charge < -0.3 is 25.7 Å². The first-order valence-corrected chi connectivity index (χ1v) is 11.7. The molecule has 182 valence electrons. The summed E-state index contributed by atoms with van der Waals surface area (Å²) in [6, 6.07) is 21.5. The lowest BCUT2D eigenvalue weighted by atomic mass is 9.90. The highest BCUT2D eigenvalue weighted by molar-refractivity contribution is 6.10. The normalized spacial score (nSPS) is 15.9. The first-order chi connectivity index (χ1) is 17.5. The fraction of sp³-hybridized carbons (Fsp3) is 0.179. The van der Waals surface area contributed by atoms with Crippen LogP contribution in [-0.4, -0.2) is 42.4 Å². The van der Waals surface area contributed by atoms with E-state index < -0.39 is 17.9 Å². The highest BCUT2D eigenvalue weighted by atomic mass is 16.5. The summed E-state index contributed by atoms with van der Waals surface area (Å²) in [6.07, 6.45) is 1.79. The van der Waals surface area contributed by atoms with Gasteiger partial charge in [0.05, 0.1) is 24.8 Å². The Kier molecular flexibility index (Phi) is 6.40. The Morgan fingerprint density at radius 1 is 1.00 bits per heavy atom. The molecule has 0 fully saturated rings. The van der Waals surface area contributed by atoms with Crippen molar-refractivity contribution >= 4 is 34.3 Å². The van der Waals surface area contributed by atoms with Crippen LogP contribution in [0.3, 0.4) is 0 Å². The summed E-state index contributed by atoms with van der Waals surface area (Å²) in [4.78, 5) is 41.5. The fourth-order valence-electron chi connectivity index (χ4n) is 4.55. The molecule has 0 spiro atoms. The zero-order valence-corrected chi connectivity index (χ0v) is 19.7. The van der Waals surface area contributed by atoms with Gasteiger partial charge in [0.15, 0.2) is 0 Å². The molecule has 0 aliphatic carbocycles. The minimum atomic E-state index is -0.975. The molecular formula is C28H26N4O4. The van der Waals surface area contributed by atoms with Gasteiger partial charge in [0.2, 0.25) is 11.8 Å². The Bertz CT molecular complexity index is 1430. The predicted octanol–water partition coefficient (Wildman–Crippen LogP) is 3.57. The molecule has 3 aromatic carbocycles. The van der Waals surface area contributed by atoms with E-state index in [-0.39, 0.29) is 18.2 Å². The van der Waals surface area contributed by atoms with Gasteiger partial charge in [0, 0.05) is 29.6 Å². The number of ether oxygens (including phenoxy) is 1. The summed E-state index contributed by atoms with van der Waals surface area (Å²) >= 11 is 0. The molecular weight excluding hydrogens is 456 g/mol. The van der Waals surface area contributed by atoms with Gasteiger partial charge in [-0.2, -0.15) is 0 Å². The van der Waals surface area contributed by atoms with Gasteiger partial charge in [-0.3, -0.25) is 14.4 Å². The lowest BCUT2D eigenvalue weighted by Crippen LogP contribution is -2.45. The van der Waals surface area contributed by atoms with Crippen LogP contribution in [0.2, 0.25) is 0 Å². The number of rotatable bonds is 7. The van der Waals surface area contributed by atoms with Crippen molar-refractivity contribution in [2.24, 2.45) is 0 Å². The number of anilines is 1. The molecule has 0 saturated heterocycles. The molecule has 0 radical (unpaired) electrons. The van der Waals surface area contributed by atoms with E-state index in [0.29, 0.717) is 17.8 Å². The number of hydrogen-bond donors (Lipinski definition) is 4. The van der Waals surface area contributed by atoms with E-state index in [9.17, 15) is 14.4 Å². The van der Waals surface area contributed by atoms with Crippen molar-refractivity contribution in [1.82, 2.24) is 15.6 Å². The van der Waals surface area contributed by atoms with Crippen molar-refractivity contribution in [2.45, 2.75) is 18.4 Å². The number of aromatic nitrogens is 1. The maximum atomic E-state index is 12.9. The van der Waals surface area contributed by atoms with Crippen LogP contribution in [0.15, 0.2) is 79.0 Å². The lowest BCUT2D eigenvalue weighted by Gasteiger charge is -2.20. The van der Waals surface area contributed by atoms with Crippen LogP contribution < -0.4 is 20.7 Å². The molecule has 2 atom stereocenters. The van der Waals surface area contributed by atoms with Crippen LogP contribution >= 0.6 is 0 Å². The molecule has 4 aromatic rings. The molecule has 4 N–H and O–H groups in total. The maximum Gasteiger partial charge on any atom is 0.254 e. The molecule has 1 aromatic heterocycles. The first-order valence-electron chi connectivity index (χ1n) is 11.7. The monoisotopic (exact) mass is 482 g/mol. The number of benzene rings is 3. The predicted molar refractivity (Wildman–Crippen MR) is 137 cm³/mol. The summed E-state index contributed by atoms with van der Waals surface area (Å²) in [5.41, 5.74) is 3.87. The number of para-hydroxylation sites is 2. The number of amides is 3. The number of aromatic amines is 1. The van der Waals surface area contributed by atoms with Gasteiger partial charge in [-0.1, -0.05) is 42.5 Å².